The van der Waals surface area contributed by atoms with Gasteiger partial charge < -0.3 is 20.4 Å². The molecule has 4 rings (SSSR count). The summed E-state index contributed by atoms with van der Waals surface area (Å²) in [6.07, 6.45) is 8.61. The van der Waals surface area contributed by atoms with Crippen LogP contribution in [-0.4, -0.2) is 56.7 Å². The van der Waals surface area contributed by atoms with Gasteiger partial charge in [-0.15, -0.1) is 0 Å². The molecule has 0 saturated carbocycles. The lowest BCUT2D eigenvalue weighted by Crippen LogP contribution is -2.52. The summed E-state index contributed by atoms with van der Waals surface area (Å²) in [6.45, 7) is 8.60. The zero-order chi connectivity index (χ0) is 31.2. The Kier molecular flexibility index (Phi) is 13.3. The monoisotopic (exact) mass is 583 g/mol. The van der Waals surface area contributed by atoms with E-state index >= 15 is 0 Å². The number of pyridine rings is 1. The first-order valence-corrected chi connectivity index (χ1v) is 15.2. The fourth-order valence-corrected chi connectivity index (χ4v) is 5.26. The number of amides is 2. The van der Waals surface area contributed by atoms with Gasteiger partial charge in [0, 0.05) is 30.9 Å². The molecule has 1 aromatic heterocycles. The predicted molar refractivity (Wildman–Crippen MR) is 173 cm³/mol. The molecule has 0 radical (unpaired) electrons. The number of hydrogen-bond donors (Lipinski definition) is 3. The fourth-order valence-electron chi connectivity index (χ4n) is 5.26. The van der Waals surface area contributed by atoms with Gasteiger partial charge in [-0.25, -0.2) is 0 Å². The maximum absolute atomic E-state index is 13.0. The van der Waals surface area contributed by atoms with Crippen LogP contribution in [0.15, 0.2) is 97.2 Å². The fraction of sp³-hybridized carbons (Fsp3) is 0.361. The zero-order valence-electron chi connectivity index (χ0n) is 25.7. The number of aliphatic hydroxyl groups excluding tert-OH is 2. The van der Waals surface area contributed by atoms with Crippen molar-refractivity contribution in [3.05, 3.63) is 103 Å². The molecule has 2 amide bonds. The van der Waals surface area contributed by atoms with Gasteiger partial charge >= 0.3 is 0 Å². The number of aromatic nitrogens is 1. The molecule has 3 N–H and O–H groups in total. The second-order valence-corrected chi connectivity index (χ2v) is 10.4. The Hall–Kier alpha value is -4.07. The molecule has 0 spiro atoms. The van der Waals surface area contributed by atoms with E-state index in [1.165, 1.54) is 0 Å². The summed E-state index contributed by atoms with van der Waals surface area (Å²) >= 11 is 0. The molecule has 1 aliphatic heterocycles. The Bertz CT molecular complexity index is 1350. The molecule has 1 saturated heterocycles. The highest BCUT2D eigenvalue weighted by Crippen LogP contribution is 2.31. The van der Waals surface area contributed by atoms with Crippen LogP contribution in [0.1, 0.15) is 52.5 Å². The quantitative estimate of drug-likeness (QED) is 0.243. The third kappa shape index (κ3) is 8.96. The number of aliphatic hydroxyl groups is 2. The topological polar surface area (TPSA) is 103 Å². The Morgan fingerprint density at radius 3 is 2.35 bits per heavy atom. The first-order valence-electron chi connectivity index (χ1n) is 15.2. The van der Waals surface area contributed by atoms with Crippen molar-refractivity contribution in [1.82, 2.24) is 15.2 Å². The van der Waals surface area contributed by atoms with Gasteiger partial charge in [0.15, 0.2) is 12.2 Å². The Balaban J connectivity index is 0.00000248. The number of hydrogen-bond acceptors (Lipinski definition) is 5. The summed E-state index contributed by atoms with van der Waals surface area (Å²) in [5.74, 6) is -1.33. The molecule has 228 valence electrons. The van der Waals surface area contributed by atoms with Crippen molar-refractivity contribution < 1.29 is 19.8 Å². The van der Waals surface area contributed by atoms with Gasteiger partial charge in [0.05, 0.1) is 5.69 Å². The van der Waals surface area contributed by atoms with Crippen molar-refractivity contribution >= 4 is 11.8 Å². The van der Waals surface area contributed by atoms with Crippen molar-refractivity contribution in [2.75, 3.05) is 6.54 Å². The van der Waals surface area contributed by atoms with Crippen LogP contribution >= 0.6 is 0 Å². The lowest BCUT2D eigenvalue weighted by molar-refractivity contribution is -0.154. The molecular formula is C36H45N3O4. The first kappa shape index (κ1) is 33.4. The van der Waals surface area contributed by atoms with E-state index in [1.807, 2.05) is 82.3 Å². The van der Waals surface area contributed by atoms with Crippen molar-refractivity contribution in [1.29, 1.82) is 0 Å². The van der Waals surface area contributed by atoms with Crippen molar-refractivity contribution in [3.63, 3.8) is 0 Å². The average molecular weight is 584 g/mol. The zero-order valence-corrected chi connectivity index (χ0v) is 25.7. The lowest BCUT2D eigenvalue weighted by atomic mass is 9.97. The van der Waals surface area contributed by atoms with Gasteiger partial charge in [0.1, 0.15) is 0 Å². The number of carbonyl (C=O) groups is 2. The van der Waals surface area contributed by atoms with Crippen LogP contribution in [0.5, 0.6) is 0 Å². The Labute approximate surface area is 256 Å². The Morgan fingerprint density at radius 2 is 1.67 bits per heavy atom. The van der Waals surface area contributed by atoms with Crippen LogP contribution in [0.25, 0.3) is 22.4 Å². The molecule has 0 bridgehead atoms. The summed E-state index contributed by atoms with van der Waals surface area (Å²) in [7, 11) is 0. The summed E-state index contributed by atoms with van der Waals surface area (Å²) in [4.78, 5) is 31.9. The van der Waals surface area contributed by atoms with Gasteiger partial charge in [0.2, 0.25) is 0 Å². The number of nitrogens with zero attached hydrogens (tertiary/aromatic N) is 2. The van der Waals surface area contributed by atoms with E-state index in [2.05, 4.69) is 46.7 Å². The highest BCUT2D eigenvalue weighted by Gasteiger charge is 2.39. The van der Waals surface area contributed by atoms with Crippen molar-refractivity contribution in [2.24, 2.45) is 5.92 Å². The highest BCUT2D eigenvalue weighted by molar-refractivity contribution is 5.91. The van der Waals surface area contributed by atoms with Crippen molar-refractivity contribution in [2.45, 2.75) is 71.8 Å². The second-order valence-electron chi connectivity index (χ2n) is 10.4. The lowest BCUT2D eigenvalue weighted by Gasteiger charge is -2.31. The highest BCUT2D eigenvalue weighted by atomic mass is 16.3. The molecule has 2 aromatic carbocycles. The predicted octanol–water partition coefficient (Wildman–Crippen LogP) is 5.93. The average Bonchev–Trinajstić information content (AvgIpc) is 3.56. The molecule has 4 unspecified atom stereocenters. The number of likely N-dealkylation sites (tertiary alicyclic amines) is 1. The van der Waals surface area contributed by atoms with Crippen LogP contribution in [-0.2, 0) is 16.1 Å². The van der Waals surface area contributed by atoms with Gasteiger partial charge in [0.25, 0.3) is 11.8 Å². The van der Waals surface area contributed by atoms with Crippen LogP contribution in [0.2, 0.25) is 0 Å². The Morgan fingerprint density at radius 1 is 0.977 bits per heavy atom. The third-order valence-corrected chi connectivity index (χ3v) is 7.54. The normalized spacial score (nSPS) is 16.9. The molecule has 1 aliphatic rings. The van der Waals surface area contributed by atoms with E-state index in [1.54, 1.807) is 11.1 Å². The minimum absolute atomic E-state index is 0.0779. The molecular weight excluding hydrogens is 538 g/mol. The minimum atomic E-state index is -1.87. The van der Waals surface area contributed by atoms with Crippen LogP contribution < -0.4 is 5.32 Å². The second kappa shape index (κ2) is 17.1. The first-order chi connectivity index (χ1) is 20.9. The molecule has 7 nitrogen and oxygen atoms in total. The van der Waals surface area contributed by atoms with E-state index in [9.17, 15) is 19.8 Å². The number of carbonyl (C=O) groups excluding carboxylic acids is 2. The molecule has 2 heterocycles. The largest absolute Gasteiger partial charge is 0.380 e. The molecule has 7 heteroatoms. The van der Waals surface area contributed by atoms with E-state index in [4.69, 9.17) is 0 Å². The van der Waals surface area contributed by atoms with Crippen LogP contribution in [0.3, 0.4) is 0 Å². The maximum atomic E-state index is 13.0. The molecule has 3 aromatic rings. The van der Waals surface area contributed by atoms with Gasteiger partial charge in [-0.05, 0) is 54.9 Å². The number of rotatable bonds is 11. The molecule has 0 aliphatic carbocycles. The number of benzene rings is 2. The summed E-state index contributed by atoms with van der Waals surface area (Å²) in [5.41, 5.74) is 4.69. The summed E-state index contributed by atoms with van der Waals surface area (Å²) < 4.78 is 0. The standard InChI is InChI=1S/C34H39N3O4.C2H6/c1-3-4-5-7-13-24(2)30-18-12-21-37(30)34(41)32(39)31(38)33(40)36-23-25-19-20-29(35-22-25)28-17-11-10-16-27(28)26-14-8-6-9-15-26;1-2/h3-4,6-11,13-17,19-20,22,24,30-32,38-39H,5,12,18,21,23H2,1-2H3,(H,36,40);1-2H3/b4-3-,13-7-;. The minimum Gasteiger partial charge on any atom is -0.380 e. The smallest absolute Gasteiger partial charge is 0.254 e. The van der Waals surface area contributed by atoms with Gasteiger partial charge in [-0.2, -0.15) is 0 Å². The van der Waals surface area contributed by atoms with E-state index in [0.29, 0.717) is 6.54 Å². The van der Waals surface area contributed by atoms with Crippen LogP contribution in [0.4, 0.5) is 0 Å². The van der Waals surface area contributed by atoms with Crippen molar-refractivity contribution in [3.8, 4) is 22.4 Å². The van der Waals surface area contributed by atoms with Gasteiger partial charge in [-0.1, -0.05) is 106 Å². The van der Waals surface area contributed by atoms with E-state index in [-0.39, 0.29) is 18.5 Å². The molecule has 43 heavy (non-hydrogen) atoms. The van der Waals surface area contributed by atoms with E-state index < -0.39 is 24.0 Å². The SMILES string of the molecule is C/C=C\C/C=C\C(C)C1CCCN1C(=O)C(O)C(O)C(=O)NCc1ccc(-c2ccccc2-c2ccccc2)nc1.CC. The number of allylic oxidation sites excluding steroid dienone is 3. The van der Waals surface area contributed by atoms with E-state index in [0.717, 1.165) is 47.2 Å². The summed E-state index contributed by atoms with van der Waals surface area (Å²) in [6, 6.07) is 21.8. The van der Waals surface area contributed by atoms with Crippen LogP contribution in [0, 0.1) is 5.92 Å². The van der Waals surface area contributed by atoms with Gasteiger partial charge in [-0.3, -0.25) is 14.6 Å². The third-order valence-electron chi connectivity index (χ3n) is 7.54. The number of nitrogens with one attached hydrogen (secondary N) is 1. The maximum Gasteiger partial charge on any atom is 0.254 e. The molecule has 1 fully saturated rings. The molecule has 4 atom stereocenters. The summed E-state index contributed by atoms with van der Waals surface area (Å²) in [5, 5.41) is 23.7.